The molecule has 19 heavy (non-hydrogen) atoms. The zero-order chi connectivity index (χ0) is 13.7. The van der Waals surface area contributed by atoms with Gasteiger partial charge >= 0.3 is 0 Å². The Morgan fingerprint density at radius 2 is 2.16 bits per heavy atom. The molecule has 2 N–H and O–H groups in total. The van der Waals surface area contributed by atoms with Gasteiger partial charge in [-0.15, -0.1) is 11.3 Å². The van der Waals surface area contributed by atoms with E-state index in [2.05, 4.69) is 5.32 Å². The van der Waals surface area contributed by atoms with Crippen LogP contribution in [0.3, 0.4) is 0 Å². The van der Waals surface area contributed by atoms with E-state index >= 15 is 0 Å². The van der Waals surface area contributed by atoms with Crippen LogP contribution in [0.15, 0.2) is 38.5 Å². The second-order valence-electron chi connectivity index (χ2n) is 4.13. The lowest BCUT2D eigenvalue weighted by Crippen LogP contribution is -2.32. The quantitative estimate of drug-likeness (QED) is 0.816. The van der Waals surface area contributed by atoms with Gasteiger partial charge in [-0.25, -0.2) is 8.42 Å². The lowest BCUT2D eigenvalue weighted by molar-refractivity contribution is 0.193. The SMILES string of the molecule is O=S(=O)(CC(O)CNCc1ccsc1)c1cccs1. The third-order valence-corrected chi connectivity index (χ3v) is 6.52. The fraction of sp³-hybridized carbons (Fsp3) is 0.333. The molecule has 2 rings (SSSR count). The molecule has 0 saturated heterocycles. The lowest BCUT2D eigenvalue weighted by atomic mass is 10.3. The predicted molar refractivity (Wildman–Crippen MR) is 78.4 cm³/mol. The van der Waals surface area contributed by atoms with Crippen LogP contribution in [0, 0.1) is 0 Å². The van der Waals surface area contributed by atoms with Crippen molar-refractivity contribution >= 4 is 32.5 Å². The fourth-order valence-electron chi connectivity index (χ4n) is 1.61. The topological polar surface area (TPSA) is 66.4 Å². The molecule has 0 aliphatic heterocycles. The lowest BCUT2D eigenvalue weighted by Gasteiger charge is -2.11. The molecule has 7 heteroatoms. The van der Waals surface area contributed by atoms with E-state index in [4.69, 9.17) is 0 Å². The van der Waals surface area contributed by atoms with Crippen molar-refractivity contribution in [3.63, 3.8) is 0 Å². The molecule has 2 aromatic heterocycles. The second kappa shape index (κ2) is 6.62. The highest BCUT2D eigenvalue weighted by Crippen LogP contribution is 2.18. The first-order valence-corrected chi connectivity index (χ1v) is 9.21. The normalized spacial score (nSPS) is 13.5. The van der Waals surface area contributed by atoms with Crippen molar-refractivity contribution < 1.29 is 13.5 Å². The molecule has 0 spiro atoms. The molecule has 1 atom stereocenters. The molecule has 0 fully saturated rings. The van der Waals surface area contributed by atoms with E-state index in [1.54, 1.807) is 28.8 Å². The van der Waals surface area contributed by atoms with Gasteiger partial charge in [0.15, 0.2) is 9.84 Å². The van der Waals surface area contributed by atoms with Gasteiger partial charge in [-0.05, 0) is 33.8 Å². The Hall–Kier alpha value is -0.730. The van der Waals surface area contributed by atoms with Gasteiger partial charge in [0, 0.05) is 13.1 Å². The molecule has 0 aromatic carbocycles. The Bertz CT molecular complexity index is 576. The van der Waals surface area contributed by atoms with Gasteiger partial charge in [0.25, 0.3) is 0 Å². The summed E-state index contributed by atoms with van der Waals surface area (Å²) in [6.45, 7) is 0.903. The maximum atomic E-state index is 11.9. The van der Waals surface area contributed by atoms with E-state index in [0.717, 1.165) is 5.56 Å². The van der Waals surface area contributed by atoms with Gasteiger partial charge in [-0.1, -0.05) is 6.07 Å². The van der Waals surface area contributed by atoms with E-state index in [-0.39, 0.29) is 12.3 Å². The number of hydrogen-bond acceptors (Lipinski definition) is 6. The zero-order valence-corrected chi connectivity index (χ0v) is 12.6. The summed E-state index contributed by atoms with van der Waals surface area (Å²) in [5.41, 5.74) is 1.14. The number of rotatable bonds is 7. The molecule has 0 amide bonds. The van der Waals surface area contributed by atoms with Gasteiger partial charge in [0.2, 0.25) is 0 Å². The number of aliphatic hydroxyl groups excluding tert-OH is 1. The van der Waals surface area contributed by atoms with Crippen LogP contribution in [-0.2, 0) is 16.4 Å². The Morgan fingerprint density at radius 3 is 2.79 bits per heavy atom. The largest absolute Gasteiger partial charge is 0.391 e. The minimum atomic E-state index is -3.37. The van der Waals surface area contributed by atoms with Crippen LogP contribution < -0.4 is 5.32 Å². The summed E-state index contributed by atoms with van der Waals surface area (Å²) in [5, 5.41) is 18.5. The summed E-state index contributed by atoms with van der Waals surface area (Å²) < 4.78 is 24.1. The van der Waals surface area contributed by atoms with Crippen molar-refractivity contribution in [3.8, 4) is 0 Å². The highest BCUT2D eigenvalue weighted by molar-refractivity contribution is 7.93. The number of hydrogen-bond donors (Lipinski definition) is 2. The number of sulfone groups is 1. The van der Waals surface area contributed by atoms with Crippen molar-refractivity contribution in [2.45, 2.75) is 16.9 Å². The van der Waals surface area contributed by atoms with Crippen LogP contribution in [0.2, 0.25) is 0 Å². The molecule has 104 valence electrons. The highest BCUT2D eigenvalue weighted by atomic mass is 32.2. The molecule has 0 bridgehead atoms. The van der Waals surface area contributed by atoms with E-state index in [1.807, 2.05) is 16.8 Å². The number of aliphatic hydroxyl groups is 1. The summed E-state index contributed by atoms with van der Waals surface area (Å²) in [6.07, 6.45) is -0.897. The molecule has 0 radical (unpaired) electrons. The second-order valence-corrected chi connectivity index (χ2v) is 8.12. The number of nitrogens with one attached hydrogen (secondary N) is 1. The molecule has 0 aliphatic carbocycles. The first-order chi connectivity index (χ1) is 9.08. The molecule has 0 aliphatic rings. The Morgan fingerprint density at radius 1 is 1.32 bits per heavy atom. The van der Waals surface area contributed by atoms with Crippen LogP contribution in [0.1, 0.15) is 5.56 Å². The Labute approximate surface area is 120 Å². The first-order valence-electron chi connectivity index (χ1n) is 5.74. The maximum absolute atomic E-state index is 11.9. The fourth-order valence-corrected chi connectivity index (χ4v) is 4.76. The van der Waals surface area contributed by atoms with Gasteiger partial charge < -0.3 is 10.4 Å². The number of thiophene rings is 2. The maximum Gasteiger partial charge on any atom is 0.190 e. The van der Waals surface area contributed by atoms with Gasteiger partial charge in [-0.3, -0.25) is 0 Å². The standard InChI is InChI=1S/C12H15NO3S3/c14-11(7-13-6-10-3-5-17-8-10)9-19(15,16)12-2-1-4-18-12/h1-5,8,11,13-14H,6-7,9H2. The van der Waals surface area contributed by atoms with E-state index in [0.29, 0.717) is 10.8 Å². The minimum absolute atomic E-state index is 0.246. The molecule has 1 unspecified atom stereocenters. The predicted octanol–water partition coefficient (Wildman–Crippen LogP) is 1.73. The van der Waals surface area contributed by atoms with E-state index in [9.17, 15) is 13.5 Å². The summed E-state index contributed by atoms with van der Waals surface area (Å²) in [4.78, 5) is 0. The van der Waals surface area contributed by atoms with Gasteiger partial charge in [-0.2, -0.15) is 11.3 Å². The van der Waals surface area contributed by atoms with Crippen molar-refractivity contribution in [2.75, 3.05) is 12.3 Å². The molecular formula is C12H15NO3S3. The van der Waals surface area contributed by atoms with Crippen molar-refractivity contribution in [2.24, 2.45) is 0 Å². The Kier molecular flexibility index (Phi) is 5.12. The van der Waals surface area contributed by atoms with Crippen LogP contribution in [0.25, 0.3) is 0 Å². The zero-order valence-electron chi connectivity index (χ0n) is 10.2. The van der Waals surface area contributed by atoms with Crippen LogP contribution >= 0.6 is 22.7 Å². The molecule has 2 aromatic rings. The van der Waals surface area contributed by atoms with Crippen molar-refractivity contribution in [1.29, 1.82) is 0 Å². The monoisotopic (exact) mass is 317 g/mol. The van der Waals surface area contributed by atoms with Gasteiger partial charge in [0.1, 0.15) is 4.21 Å². The third-order valence-electron chi connectivity index (χ3n) is 2.50. The van der Waals surface area contributed by atoms with Crippen LogP contribution in [0.4, 0.5) is 0 Å². The molecule has 0 saturated carbocycles. The van der Waals surface area contributed by atoms with E-state index < -0.39 is 15.9 Å². The molecule has 2 heterocycles. The highest BCUT2D eigenvalue weighted by Gasteiger charge is 2.20. The average Bonchev–Trinajstić information content (AvgIpc) is 3.01. The third kappa shape index (κ3) is 4.39. The summed E-state index contributed by atoms with van der Waals surface area (Å²) in [6, 6.07) is 5.25. The van der Waals surface area contributed by atoms with Crippen molar-refractivity contribution in [3.05, 3.63) is 39.9 Å². The summed E-state index contributed by atoms with van der Waals surface area (Å²) in [5.74, 6) is -0.246. The minimum Gasteiger partial charge on any atom is -0.391 e. The van der Waals surface area contributed by atoms with Crippen LogP contribution in [-0.4, -0.2) is 31.9 Å². The van der Waals surface area contributed by atoms with Crippen LogP contribution in [0.5, 0.6) is 0 Å². The van der Waals surface area contributed by atoms with E-state index in [1.165, 1.54) is 11.3 Å². The molecular weight excluding hydrogens is 302 g/mol. The van der Waals surface area contributed by atoms with Gasteiger partial charge in [0.05, 0.1) is 11.9 Å². The summed E-state index contributed by atoms with van der Waals surface area (Å²) in [7, 11) is -3.37. The molecule has 4 nitrogen and oxygen atoms in total. The summed E-state index contributed by atoms with van der Waals surface area (Å²) >= 11 is 2.79. The Balaban J connectivity index is 1.79. The average molecular weight is 317 g/mol. The van der Waals surface area contributed by atoms with Crippen molar-refractivity contribution in [1.82, 2.24) is 5.32 Å². The smallest absolute Gasteiger partial charge is 0.190 e. The first kappa shape index (κ1) is 14.7.